The van der Waals surface area contributed by atoms with Gasteiger partial charge in [-0.15, -0.1) is 0 Å². The van der Waals surface area contributed by atoms with Crippen molar-refractivity contribution in [1.82, 2.24) is 0 Å². The number of hydrogen-bond donors (Lipinski definition) is 0. The Bertz CT molecular complexity index is 2760. The van der Waals surface area contributed by atoms with Gasteiger partial charge in [0.1, 0.15) is 6.15 Å². The second-order valence-electron chi connectivity index (χ2n) is 17.3. The minimum absolute atomic E-state index is 0.691. The van der Waals surface area contributed by atoms with Gasteiger partial charge in [-0.05, 0) is 42.3 Å². The number of hydrogen-bond acceptors (Lipinski definition) is 0. The fourth-order valence-corrected chi connectivity index (χ4v) is 8.37. The first kappa shape index (κ1) is 59.1. The summed E-state index contributed by atoms with van der Waals surface area (Å²) in [5.41, 5.74) is -25.1. The van der Waals surface area contributed by atoms with E-state index < -0.39 is 195 Å². The molecule has 0 saturated heterocycles. The number of pyridine rings is 1. The second kappa shape index (κ2) is 20.7. The van der Waals surface area contributed by atoms with E-state index in [0.29, 0.717) is 0 Å². The van der Waals surface area contributed by atoms with Crippen molar-refractivity contribution in [3.63, 3.8) is 0 Å². The minimum Gasteiger partial charge on any atom is -0.201 e. The smallest absolute Gasteiger partial charge is 0.201 e. The summed E-state index contributed by atoms with van der Waals surface area (Å²) in [5, 5.41) is 0. The van der Waals surface area contributed by atoms with Crippen LogP contribution >= 0.6 is 0 Å². The average molecular weight is 1120 g/mol. The summed E-state index contributed by atoms with van der Waals surface area (Å²) >= 11 is 0. The summed E-state index contributed by atoms with van der Waals surface area (Å²) in [6.07, 6.45) is -50.5. The molecule has 0 unspecified atom stereocenters. The zero-order chi connectivity index (χ0) is 57.7. The topological polar surface area (TPSA) is 3.88 Å². The maximum atomic E-state index is 14.2. The fraction of sp³-hybridized carbons (Fsp3) is 0.196. The molecule has 77 heavy (non-hydrogen) atoms. The van der Waals surface area contributed by atoms with Crippen molar-refractivity contribution in [3.8, 4) is 11.1 Å². The minimum atomic E-state index is -6.13. The number of alkyl halides is 24. The van der Waals surface area contributed by atoms with Crippen LogP contribution in [0.2, 0.25) is 0 Å². The van der Waals surface area contributed by atoms with E-state index in [1.165, 1.54) is 22.3 Å². The Balaban J connectivity index is 0.000000397. The van der Waals surface area contributed by atoms with Gasteiger partial charge in [0.25, 0.3) is 0 Å². The maximum Gasteiger partial charge on any atom is 0.416 e. The van der Waals surface area contributed by atoms with Gasteiger partial charge in [0.05, 0.1) is 44.5 Å². The molecule has 0 aliphatic heterocycles. The van der Waals surface area contributed by atoms with Crippen LogP contribution in [0.1, 0.15) is 55.6 Å². The molecule has 0 bridgehead atoms. The van der Waals surface area contributed by atoms with E-state index in [2.05, 4.69) is 90.6 Å². The third-order valence-electron chi connectivity index (χ3n) is 11.9. The number of aromatic nitrogens is 1. The Morgan fingerprint density at radius 3 is 0.766 bits per heavy atom. The summed E-state index contributed by atoms with van der Waals surface area (Å²) in [6, 6.07) is 14.7. The number of rotatable bonds is 7. The highest BCUT2D eigenvalue weighted by Gasteiger charge is 2.47. The van der Waals surface area contributed by atoms with Crippen LogP contribution in [-0.4, -0.2) is 6.15 Å². The van der Waals surface area contributed by atoms with Crippen molar-refractivity contribution in [3.05, 3.63) is 208 Å². The Morgan fingerprint density at radius 2 is 0.532 bits per heavy atom. The van der Waals surface area contributed by atoms with Crippen molar-refractivity contribution in [2.75, 3.05) is 0 Å². The highest BCUT2D eigenvalue weighted by molar-refractivity contribution is 7.20. The van der Waals surface area contributed by atoms with Crippen molar-refractivity contribution in [2.45, 2.75) is 62.9 Å². The molecule has 1 heterocycles. The van der Waals surface area contributed by atoms with Gasteiger partial charge in [-0.1, -0.05) is 109 Å². The van der Waals surface area contributed by atoms with Crippen LogP contribution in [0.3, 0.4) is 0 Å². The predicted octanol–water partition coefficient (Wildman–Crippen LogP) is 15.2. The molecule has 6 aromatic carbocycles. The highest BCUT2D eigenvalue weighted by Crippen LogP contribution is 2.41. The van der Waals surface area contributed by atoms with Crippen molar-refractivity contribution < 1.29 is 110 Å². The zero-order valence-corrected chi connectivity index (χ0v) is 38.2. The van der Waals surface area contributed by atoms with Gasteiger partial charge in [0.15, 0.2) is 18.9 Å². The SMILES string of the molecule is Cc1ccc(-c2cc[n+](Cc3ccccc3)cc2)cc1.FC(F)(F)c1cc([B-](c2cc(C(F)(F)F)cc(C(F)(F)F)c2)(c2cc(C(F)(F)F)cc(C(F)(F)F)c2)c2cc(C(F)(F)F)cc(C(F)(F)F)c2)cc(C(F)(F)F)c1. The highest BCUT2D eigenvalue weighted by atomic mass is 19.4. The summed E-state index contributed by atoms with van der Waals surface area (Å²) < 4.78 is 343. The third kappa shape index (κ3) is 13.9. The quantitative estimate of drug-likeness (QED) is 0.0851. The van der Waals surface area contributed by atoms with Gasteiger partial charge in [-0.25, -0.2) is 4.57 Å². The van der Waals surface area contributed by atoms with Gasteiger partial charge in [0.2, 0.25) is 0 Å². The Kier molecular flexibility index (Phi) is 15.9. The third-order valence-corrected chi connectivity index (χ3v) is 11.9. The molecule has 0 saturated carbocycles. The van der Waals surface area contributed by atoms with E-state index in [0.717, 1.165) is 6.54 Å². The largest absolute Gasteiger partial charge is 0.416 e. The van der Waals surface area contributed by atoms with E-state index in [9.17, 15) is 105 Å². The molecule has 1 nitrogen and oxygen atoms in total. The standard InChI is InChI=1S/C32H12BF24.C19H18N/c34-25(35,36)13-1-14(26(37,38)39)6-21(5-13)33(22-7-15(27(40,41)42)2-16(8-22)28(43,44)45,23-9-17(29(46,47)48)3-18(10-23)30(49,50)51)24-11-19(31(52,53)54)4-20(12-24)32(55,56)57;1-16-7-9-18(10-8-16)19-11-13-20(14-12-19)15-17-5-3-2-4-6-17/h1-12H;2-14H,15H2,1H3/q-1;+1. The Hall–Kier alpha value is -7.15. The van der Waals surface area contributed by atoms with Crippen LogP contribution in [0.5, 0.6) is 0 Å². The number of aryl methyl sites for hydroxylation is 1. The lowest BCUT2D eigenvalue weighted by atomic mass is 9.12. The predicted molar refractivity (Wildman–Crippen MR) is 232 cm³/mol. The molecule has 0 atom stereocenters. The first-order chi connectivity index (χ1) is 35.1. The van der Waals surface area contributed by atoms with Gasteiger partial charge in [-0.2, -0.15) is 127 Å². The monoisotopic (exact) mass is 1120 g/mol. The van der Waals surface area contributed by atoms with Crippen LogP contribution in [-0.2, 0) is 56.0 Å². The van der Waals surface area contributed by atoms with E-state index in [4.69, 9.17) is 0 Å². The van der Waals surface area contributed by atoms with Crippen molar-refractivity contribution in [1.29, 1.82) is 0 Å². The molecule has 7 rings (SSSR count). The van der Waals surface area contributed by atoms with Crippen LogP contribution in [0.25, 0.3) is 11.1 Å². The average Bonchev–Trinajstić information content (AvgIpc) is 3.30. The lowest BCUT2D eigenvalue weighted by Crippen LogP contribution is -2.75. The van der Waals surface area contributed by atoms with Crippen LogP contribution in [0.4, 0.5) is 105 Å². The summed E-state index contributed by atoms with van der Waals surface area (Å²) in [5.74, 6) is 0. The first-order valence-electron chi connectivity index (χ1n) is 21.5. The molecule has 1 aromatic heterocycles. The molecule has 0 radical (unpaired) electrons. The first-order valence-corrected chi connectivity index (χ1v) is 21.5. The van der Waals surface area contributed by atoms with Gasteiger partial charge < -0.3 is 0 Å². The number of benzene rings is 6. The zero-order valence-electron chi connectivity index (χ0n) is 38.2. The molecule has 0 fully saturated rings. The molecule has 0 amide bonds. The van der Waals surface area contributed by atoms with Crippen LogP contribution in [0, 0.1) is 6.92 Å². The normalized spacial score (nSPS) is 13.3. The summed E-state index contributed by atoms with van der Waals surface area (Å²) in [7, 11) is 0. The Morgan fingerprint density at radius 1 is 0.299 bits per heavy atom. The molecule has 410 valence electrons. The van der Waals surface area contributed by atoms with E-state index in [-0.39, 0.29) is 0 Å². The Labute approximate surface area is 418 Å². The molecule has 0 N–H and O–H groups in total. The van der Waals surface area contributed by atoms with E-state index in [1.807, 2.05) is 0 Å². The number of nitrogens with zero attached hydrogens (tertiary/aromatic N) is 1. The molecule has 26 heteroatoms. The summed E-state index contributed by atoms with van der Waals surface area (Å²) in [4.78, 5) is 0. The van der Waals surface area contributed by atoms with Crippen LogP contribution in [0.15, 0.2) is 152 Å². The van der Waals surface area contributed by atoms with Gasteiger partial charge in [-0.3, -0.25) is 0 Å². The molecule has 0 spiro atoms. The lowest BCUT2D eigenvalue weighted by Gasteiger charge is -2.46. The number of halogens is 24. The molecule has 0 aliphatic carbocycles. The van der Waals surface area contributed by atoms with Gasteiger partial charge in [0, 0.05) is 17.7 Å². The maximum absolute atomic E-state index is 14.2. The molecular formula is C51H30BF24N. The lowest BCUT2D eigenvalue weighted by molar-refractivity contribution is -0.688. The second-order valence-corrected chi connectivity index (χ2v) is 17.3. The van der Waals surface area contributed by atoms with Gasteiger partial charge >= 0.3 is 49.4 Å². The van der Waals surface area contributed by atoms with Crippen molar-refractivity contribution >= 4 is 28.0 Å². The summed E-state index contributed by atoms with van der Waals surface area (Å²) in [6.45, 7) is 3.03. The van der Waals surface area contributed by atoms with Crippen molar-refractivity contribution in [2.24, 2.45) is 0 Å². The molecule has 7 aromatic rings. The van der Waals surface area contributed by atoms with E-state index >= 15 is 0 Å². The molecule has 0 aliphatic rings. The van der Waals surface area contributed by atoms with E-state index in [1.54, 1.807) is 0 Å². The fourth-order valence-electron chi connectivity index (χ4n) is 8.37. The molecular weight excluding hydrogens is 1090 g/mol. The van der Waals surface area contributed by atoms with Crippen LogP contribution < -0.4 is 26.4 Å².